The summed E-state index contributed by atoms with van der Waals surface area (Å²) >= 11 is -5.03. The number of benzene rings is 6. The van der Waals surface area contributed by atoms with Gasteiger partial charge in [0.05, 0.1) is 0 Å². The molecule has 0 radical (unpaired) electrons. The molecule has 8 rings (SSSR count). The Morgan fingerprint density at radius 2 is 0.906 bits per heavy atom. The molecule has 2 aliphatic rings. The van der Waals surface area contributed by atoms with Crippen LogP contribution in [-0.2, 0) is 16.4 Å². The molecule has 269 valence electrons. The fraction of sp³-hybridized carbons (Fsp3) is 0.280. The molecule has 0 fully saturated rings. The number of aryl methyl sites for hydroxylation is 2. The van der Waals surface area contributed by atoms with Gasteiger partial charge in [-0.3, -0.25) is 0 Å². The van der Waals surface area contributed by atoms with Gasteiger partial charge in [0, 0.05) is 0 Å². The van der Waals surface area contributed by atoms with E-state index in [1.165, 1.54) is 88.3 Å². The van der Waals surface area contributed by atoms with Gasteiger partial charge in [-0.25, -0.2) is 0 Å². The van der Waals surface area contributed by atoms with Crippen molar-refractivity contribution >= 4 is 50.7 Å². The van der Waals surface area contributed by atoms with E-state index in [0.29, 0.717) is 0 Å². The van der Waals surface area contributed by atoms with Gasteiger partial charge < -0.3 is 0 Å². The van der Waals surface area contributed by atoms with Gasteiger partial charge in [-0.15, -0.1) is 0 Å². The zero-order valence-corrected chi connectivity index (χ0v) is 35.9. The number of halogens is 2. The van der Waals surface area contributed by atoms with Gasteiger partial charge in [0.1, 0.15) is 0 Å². The molecule has 0 aromatic heterocycles. The van der Waals surface area contributed by atoms with E-state index in [9.17, 15) is 0 Å². The quantitative estimate of drug-likeness (QED) is 0.122. The molecule has 2 aliphatic carbocycles. The number of hydrogen-bond donors (Lipinski definition) is 0. The van der Waals surface area contributed by atoms with E-state index >= 15 is 0 Å². The fourth-order valence-electron chi connectivity index (χ4n) is 9.98. The predicted molar refractivity (Wildman–Crippen MR) is 231 cm³/mol. The van der Waals surface area contributed by atoms with Gasteiger partial charge in [0.15, 0.2) is 0 Å². The second-order valence-electron chi connectivity index (χ2n) is 15.8. The summed E-state index contributed by atoms with van der Waals surface area (Å²) in [5, 5.41) is 5.11. The van der Waals surface area contributed by atoms with Gasteiger partial charge >= 0.3 is 328 Å². The van der Waals surface area contributed by atoms with Crippen LogP contribution in [0.5, 0.6) is 0 Å². The summed E-state index contributed by atoms with van der Waals surface area (Å²) in [6.07, 6.45) is 11.7. The Hall–Kier alpha value is -3.22. The van der Waals surface area contributed by atoms with Crippen molar-refractivity contribution in [2.45, 2.75) is 84.5 Å². The zero-order chi connectivity index (χ0) is 36.9. The molecule has 0 N–H and O–H groups in total. The molecule has 2 atom stereocenters. The van der Waals surface area contributed by atoms with E-state index in [2.05, 4.69) is 156 Å². The second-order valence-corrected chi connectivity index (χ2v) is 38.7. The van der Waals surface area contributed by atoms with Crippen molar-refractivity contribution in [2.24, 2.45) is 0 Å². The van der Waals surface area contributed by atoms with Crippen LogP contribution in [0.3, 0.4) is 0 Å². The summed E-state index contributed by atoms with van der Waals surface area (Å²) in [6, 6.07) is 40.4. The SMILES string of the molecule is CCCCC1=Cc2c(-c3cccc4ccccc34)ccc(C)c2[CH]1[Zr]([Cl])([Cl])([CH2]C)[CH]1C(CCCC)=Cc2c(-c3cccc4ccccc34)ccc(C)c21. The first-order valence-corrected chi connectivity index (χ1v) is 30.8. The van der Waals surface area contributed by atoms with Crippen LogP contribution < -0.4 is 0 Å². The van der Waals surface area contributed by atoms with Crippen LogP contribution in [0.4, 0.5) is 0 Å². The standard InChI is InChI=1S/2C24H23.C2H5.2ClH.Zr/c2*1-3-4-8-18-15-23-17(2)13-14-22(24(23)16-18)21-12-7-10-19-9-5-6-11-20(19)21;1-2;;;/h2*5-7,9-16H,3-4,8H2,1-2H3;1H2,2H3;2*1H;/q;;;;;+2/p-2. The Labute approximate surface area is 325 Å². The van der Waals surface area contributed by atoms with Crippen LogP contribution in [0.25, 0.3) is 56.0 Å². The van der Waals surface area contributed by atoms with Crippen molar-refractivity contribution < 1.29 is 16.4 Å². The third kappa shape index (κ3) is 6.06. The molecule has 6 aromatic rings. The van der Waals surface area contributed by atoms with E-state index in [1.807, 2.05) is 0 Å². The van der Waals surface area contributed by atoms with E-state index in [0.717, 1.165) is 42.7 Å². The average molecular weight is 814 g/mol. The van der Waals surface area contributed by atoms with Crippen LogP contribution >= 0.6 is 17.0 Å². The first kappa shape index (κ1) is 36.7. The van der Waals surface area contributed by atoms with Crippen LogP contribution in [0.15, 0.2) is 120 Å². The van der Waals surface area contributed by atoms with Gasteiger partial charge in [0.2, 0.25) is 0 Å². The maximum atomic E-state index is 8.82. The van der Waals surface area contributed by atoms with Gasteiger partial charge in [-0.05, 0) is 0 Å². The van der Waals surface area contributed by atoms with Gasteiger partial charge in [0.25, 0.3) is 0 Å². The van der Waals surface area contributed by atoms with Crippen molar-refractivity contribution in [2.75, 3.05) is 0 Å². The van der Waals surface area contributed by atoms with Crippen molar-refractivity contribution in [1.29, 1.82) is 0 Å². The molecule has 0 nitrogen and oxygen atoms in total. The summed E-state index contributed by atoms with van der Waals surface area (Å²) in [4.78, 5) is 0. The Morgan fingerprint density at radius 3 is 1.32 bits per heavy atom. The summed E-state index contributed by atoms with van der Waals surface area (Å²) < 4.78 is 0.909. The summed E-state index contributed by atoms with van der Waals surface area (Å²) in [5.41, 5.74) is 16.2. The molecule has 0 spiro atoms. The molecule has 6 aromatic carbocycles. The van der Waals surface area contributed by atoms with E-state index in [1.54, 1.807) is 0 Å². The molecule has 53 heavy (non-hydrogen) atoms. The van der Waals surface area contributed by atoms with E-state index in [-0.39, 0.29) is 7.25 Å². The molecule has 0 aliphatic heterocycles. The summed E-state index contributed by atoms with van der Waals surface area (Å²) in [5.74, 6) is 0. The van der Waals surface area contributed by atoms with Crippen LogP contribution in [0.2, 0.25) is 4.13 Å². The molecule has 3 heteroatoms. The number of rotatable bonds is 11. The van der Waals surface area contributed by atoms with Crippen LogP contribution in [0.1, 0.15) is 99.9 Å². The van der Waals surface area contributed by atoms with E-state index in [4.69, 9.17) is 17.0 Å². The number of hydrogen-bond acceptors (Lipinski definition) is 0. The third-order valence-electron chi connectivity index (χ3n) is 12.6. The summed E-state index contributed by atoms with van der Waals surface area (Å²) in [7, 11) is 17.6. The Bertz CT molecular complexity index is 2270. The zero-order valence-electron chi connectivity index (χ0n) is 31.9. The van der Waals surface area contributed by atoms with Gasteiger partial charge in [-0.1, -0.05) is 0 Å². The number of allylic oxidation sites excluding steroid dienone is 2. The van der Waals surface area contributed by atoms with Crippen LogP contribution in [0, 0.1) is 13.8 Å². The predicted octanol–water partition coefficient (Wildman–Crippen LogP) is 16.3. The minimum absolute atomic E-state index is 0.0443. The Kier molecular flexibility index (Phi) is 10.0. The Balaban J connectivity index is 1.38. The third-order valence-corrected chi connectivity index (χ3v) is 33.3. The molecule has 0 saturated carbocycles. The van der Waals surface area contributed by atoms with Gasteiger partial charge in [-0.2, -0.15) is 0 Å². The Morgan fingerprint density at radius 1 is 0.491 bits per heavy atom. The monoisotopic (exact) mass is 811 g/mol. The van der Waals surface area contributed by atoms with E-state index < -0.39 is 16.4 Å². The maximum absolute atomic E-state index is 8.82. The second kappa shape index (κ2) is 14.5. The minimum atomic E-state index is -5.03. The molecule has 0 heterocycles. The molecular weight excluding hydrogens is 763 g/mol. The fourth-order valence-corrected chi connectivity index (χ4v) is 28.3. The summed E-state index contributed by atoms with van der Waals surface area (Å²) in [6.45, 7) is 11.5. The normalized spacial score (nSPS) is 17.4. The first-order valence-electron chi connectivity index (χ1n) is 19.9. The van der Waals surface area contributed by atoms with Crippen molar-refractivity contribution in [1.82, 2.24) is 0 Å². The van der Waals surface area contributed by atoms with Crippen molar-refractivity contribution in [3.05, 3.63) is 154 Å². The average Bonchev–Trinajstić information content (AvgIpc) is 3.78. The van der Waals surface area contributed by atoms with Crippen molar-refractivity contribution in [3.63, 3.8) is 0 Å². The molecule has 2 unspecified atom stereocenters. The molecule has 0 saturated heterocycles. The first-order chi connectivity index (χ1) is 25.7. The van der Waals surface area contributed by atoms with Crippen LogP contribution in [-0.4, -0.2) is 0 Å². The topological polar surface area (TPSA) is 0 Å². The van der Waals surface area contributed by atoms with Crippen molar-refractivity contribution in [3.8, 4) is 22.3 Å². The molecule has 0 bridgehead atoms. The molecule has 0 amide bonds. The number of unbranched alkanes of at least 4 members (excludes halogenated alkanes) is 2. The molecular formula is C50H51Cl2Zr. The number of fused-ring (bicyclic) bond motifs is 4.